The number of aromatic nitrogens is 2. The van der Waals surface area contributed by atoms with Crippen molar-refractivity contribution in [3.63, 3.8) is 0 Å². The second-order valence-electron chi connectivity index (χ2n) is 7.55. The largest absolute Gasteiger partial charge is 0.454 e. The molecule has 0 unspecified atom stereocenters. The Kier molecular flexibility index (Phi) is 5.48. The third-order valence-electron chi connectivity index (χ3n) is 5.70. The quantitative estimate of drug-likeness (QED) is 0.410. The molecule has 1 aliphatic carbocycles. The van der Waals surface area contributed by atoms with Gasteiger partial charge in [0.1, 0.15) is 6.04 Å². The maximum absolute atomic E-state index is 12.6. The molecule has 0 saturated carbocycles. The Hall–Kier alpha value is -3.29. The lowest BCUT2D eigenvalue weighted by molar-refractivity contribution is -0.159. The zero-order valence-electron chi connectivity index (χ0n) is 16.9. The average Bonchev–Trinajstić information content (AvgIpc) is 3.35. The maximum Gasteiger partial charge on any atom is 0.329 e. The third-order valence-corrected chi connectivity index (χ3v) is 5.70. The Balaban J connectivity index is 1.37. The van der Waals surface area contributed by atoms with Crippen LogP contribution in [0.3, 0.4) is 0 Å². The van der Waals surface area contributed by atoms with Gasteiger partial charge in [0, 0.05) is 5.56 Å². The summed E-state index contributed by atoms with van der Waals surface area (Å²) in [5.41, 5.74) is 2.00. The highest BCUT2D eigenvalue weighted by molar-refractivity contribution is 6.08. The van der Waals surface area contributed by atoms with E-state index in [-0.39, 0.29) is 36.1 Å². The van der Waals surface area contributed by atoms with Crippen molar-refractivity contribution in [3.05, 3.63) is 47.9 Å². The molecule has 1 aliphatic heterocycles. The van der Waals surface area contributed by atoms with Crippen LogP contribution in [0.15, 0.2) is 40.9 Å². The standard InChI is InChI=1S/C22H23N3O5/c1-3-14-8-10-15(11-9-14)19-23-18(30-24-19)12-29-22(28)13(2)25-20(26)16-6-4-5-7-17(16)21(25)27/h4-5,8-11,13,16-17H,3,6-7,12H2,1-2H3/t13-,16-,17+/m0/s1. The molecule has 3 atom stereocenters. The Morgan fingerprint density at radius 3 is 2.40 bits per heavy atom. The van der Waals surface area contributed by atoms with Crippen LogP contribution >= 0.6 is 0 Å². The summed E-state index contributed by atoms with van der Waals surface area (Å²) in [4.78, 5) is 43.0. The van der Waals surface area contributed by atoms with Crippen molar-refractivity contribution in [3.8, 4) is 11.4 Å². The Morgan fingerprint density at radius 1 is 1.17 bits per heavy atom. The molecular formula is C22H23N3O5. The zero-order valence-corrected chi connectivity index (χ0v) is 16.9. The van der Waals surface area contributed by atoms with Crippen LogP contribution in [0.5, 0.6) is 0 Å². The SMILES string of the molecule is CCc1ccc(-c2noc(COC(=O)[C@H](C)N3C(=O)[C@H]4CC=CC[C@H]4C3=O)n2)cc1. The van der Waals surface area contributed by atoms with Gasteiger partial charge in [-0.2, -0.15) is 4.98 Å². The molecule has 0 bridgehead atoms. The van der Waals surface area contributed by atoms with Crippen molar-refractivity contribution < 1.29 is 23.6 Å². The van der Waals surface area contributed by atoms with Gasteiger partial charge in [-0.25, -0.2) is 4.79 Å². The van der Waals surface area contributed by atoms with Crippen molar-refractivity contribution in [1.82, 2.24) is 15.0 Å². The van der Waals surface area contributed by atoms with Crippen molar-refractivity contribution in [1.29, 1.82) is 0 Å². The van der Waals surface area contributed by atoms with E-state index in [1.165, 1.54) is 12.5 Å². The summed E-state index contributed by atoms with van der Waals surface area (Å²) < 4.78 is 10.4. The van der Waals surface area contributed by atoms with Crippen LogP contribution in [0, 0.1) is 11.8 Å². The minimum atomic E-state index is -1.00. The number of fused-ring (bicyclic) bond motifs is 1. The van der Waals surface area contributed by atoms with Crippen LogP contribution < -0.4 is 0 Å². The van der Waals surface area contributed by atoms with Crippen LogP contribution in [0.4, 0.5) is 0 Å². The molecule has 1 fully saturated rings. The van der Waals surface area contributed by atoms with Crippen molar-refractivity contribution in [2.45, 2.75) is 45.8 Å². The van der Waals surface area contributed by atoms with E-state index in [0.29, 0.717) is 18.7 Å². The number of benzene rings is 1. The number of esters is 1. The molecule has 2 heterocycles. The molecule has 8 heteroatoms. The van der Waals surface area contributed by atoms with Gasteiger partial charge in [-0.15, -0.1) is 0 Å². The van der Waals surface area contributed by atoms with Crippen molar-refractivity contribution in [2.24, 2.45) is 11.8 Å². The number of aryl methyl sites for hydroxylation is 1. The average molecular weight is 409 g/mol. The molecule has 30 heavy (non-hydrogen) atoms. The number of ether oxygens (including phenoxy) is 1. The van der Waals surface area contributed by atoms with E-state index < -0.39 is 12.0 Å². The van der Waals surface area contributed by atoms with Crippen LogP contribution in [0.1, 0.15) is 38.1 Å². The van der Waals surface area contributed by atoms with E-state index >= 15 is 0 Å². The van der Waals surface area contributed by atoms with Gasteiger partial charge in [0.25, 0.3) is 5.89 Å². The van der Waals surface area contributed by atoms with E-state index in [9.17, 15) is 14.4 Å². The lowest BCUT2D eigenvalue weighted by Gasteiger charge is -2.21. The molecule has 1 aromatic heterocycles. The summed E-state index contributed by atoms with van der Waals surface area (Å²) in [6, 6.07) is 6.79. The van der Waals surface area contributed by atoms with E-state index in [1.807, 2.05) is 36.4 Å². The third kappa shape index (κ3) is 3.65. The number of rotatable bonds is 6. The van der Waals surface area contributed by atoms with Gasteiger partial charge in [-0.1, -0.05) is 48.5 Å². The van der Waals surface area contributed by atoms with Gasteiger partial charge in [0.05, 0.1) is 11.8 Å². The highest BCUT2D eigenvalue weighted by Crippen LogP contribution is 2.36. The fraction of sp³-hybridized carbons (Fsp3) is 0.409. The molecule has 1 aromatic carbocycles. The van der Waals surface area contributed by atoms with Gasteiger partial charge in [-0.3, -0.25) is 14.5 Å². The summed E-state index contributed by atoms with van der Waals surface area (Å²) in [7, 11) is 0. The first-order valence-electron chi connectivity index (χ1n) is 10.1. The van der Waals surface area contributed by atoms with Crippen LogP contribution in [-0.4, -0.2) is 38.9 Å². The minimum absolute atomic E-state index is 0.141. The first-order chi connectivity index (χ1) is 14.5. The van der Waals surface area contributed by atoms with Crippen molar-refractivity contribution >= 4 is 17.8 Å². The number of carbonyl (C=O) groups excluding carboxylic acids is 3. The number of likely N-dealkylation sites (tertiary alicyclic amines) is 1. The summed E-state index contributed by atoms with van der Waals surface area (Å²) >= 11 is 0. The van der Waals surface area contributed by atoms with Gasteiger partial charge in [-0.05, 0) is 31.7 Å². The molecule has 0 spiro atoms. The molecule has 2 aromatic rings. The fourth-order valence-corrected chi connectivity index (χ4v) is 3.89. The Morgan fingerprint density at radius 2 is 1.80 bits per heavy atom. The van der Waals surface area contributed by atoms with E-state index in [1.54, 1.807) is 0 Å². The Bertz CT molecular complexity index is 968. The van der Waals surface area contributed by atoms with Crippen LogP contribution in [0.25, 0.3) is 11.4 Å². The minimum Gasteiger partial charge on any atom is -0.454 e. The van der Waals surface area contributed by atoms with Gasteiger partial charge in [0.15, 0.2) is 6.61 Å². The topological polar surface area (TPSA) is 103 Å². The zero-order chi connectivity index (χ0) is 21.3. The predicted molar refractivity (Wildman–Crippen MR) is 106 cm³/mol. The number of hydrogen-bond donors (Lipinski definition) is 0. The van der Waals surface area contributed by atoms with Crippen LogP contribution in [-0.2, 0) is 32.1 Å². The first kappa shape index (κ1) is 20.0. The number of nitrogens with zero attached hydrogens (tertiary/aromatic N) is 3. The van der Waals surface area contributed by atoms with Gasteiger partial charge < -0.3 is 9.26 Å². The van der Waals surface area contributed by atoms with Gasteiger partial charge >= 0.3 is 5.97 Å². The second-order valence-corrected chi connectivity index (χ2v) is 7.55. The highest BCUT2D eigenvalue weighted by atomic mass is 16.6. The summed E-state index contributed by atoms with van der Waals surface area (Å²) in [6.45, 7) is 3.34. The van der Waals surface area contributed by atoms with E-state index in [4.69, 9.17) is 9.26 Å². The monoisotopic (exact) mass is 409 g/mol. The Labute approximate surface area is 173 Å². The molecular weight excluding hydrogens is 386 g/mol. The number of hydrogen-bond acceptors (Lipinski definition) is 7. The van der Waals surface area contributed by atoms with E-state index in [0.717, 1.165) is 16.9 Å². The molecule has 2 amide bonds. The molecule has 0 N–H and O–H groups in total. The lowest BCUT2D eigenvalue weighted by atomic mass is 9.85. The maximum atomic E-state index is 12.6. The highest BCUT2D eigenvalue weighted by Gasteiger charge is 2.50. The second kappa shape index (κ2) is 8.22. The summed E-state index contributed by atoms with van der Waals surface area (Å²) in [5.74, 6) is -1.52. The number of imide groups is 1. The predicted octanol–water partition coefficient (Wildman–Crippen LogP) is 2.68. The molecule has 4 rings (SSSR count). The van der Waals surface area contributed by atoms with Crippen LogP contribution in [0.2, 0.25) is 0 Å². The summed E-state index contributed by atoms with van der Waals surface area (Å²) in [5, 5.41) is 3.91. The smallest absolute Gasteiger partial charge is 0.329 e. The molecule has 156 valence electrons. The lowest BCUT2D eigenvalue weighted by Crippen LogP contribution is -2.44. The number of amides is 2. The number of allylic oxidation sites excluding steroid dienone is 2. The normalized spacial score (nSPS) is 21.6. The van der Waals surface area contributed by atoms with Crippen molar-refractivity contribution in [2.75, 3.05) is 0 Å². The fourth-order valence-electron chi connectivity index (χ4n) is 3.89. The number of carbonyl (C=O) groups is 3. The molecule has 1 saturated heterocycles. The molecule has 8 nitrogen and oxygen atoms in total. The summed E-state index contributed by atoms with van der Waals surface area (Å²) in [6.07, 6.45) is 5.80. The van der Waals surface area contributed by atoms with E-state index in [2.05, 4.69) is 17.1 Å². The molecule has 2 aliphatic rings. The molecule has 0 radical (unpaired) electrons. The van der Waals surface area contributed by atoms with Gasteiger partial charge in [0.2, 0.25) is 17.6 Å². The first-order valence-corrected chi connectivity index (χ1v) is 10.1.